The van der Waals surface area contributed by atoms with Crippen LogP contribution in [-0.2, 0) is 19.8 Å². The Morgan fingerprint density at radius 1 is 1.40 bits per heavy atom. The minimum Gasteiger partial charge on any atom is -0.375 e. The third kappa shape index (κ3) is 6.24. The van der Waals surface area contributed by atoms with Crippen molar-refractivity contribution in [1.29, 1.82) is 0 Å². The zero-order valence-corrected chi connectivity index (χ0v) is 15.7. The number of allylic oxidation sites excluding steroid dienone is 1. The third-order valence-electron chi connectivity index (χ3n) is 3.56. The molecule has 0 bridgehead atoms. The Morgan fingerprint density at radius 2 is 2.08 bits per heavy atom. The second-order valence-corrected chi connectivity index (χ2v) is 9.54. The first-order chi connectivity index (χ1) is 11.8. The summed E-state index contributed by atoms with van der Waals surface area (Å²) in [6.45, 7) is 0. The molecular formula is C13H20N2O7S3. The molecule has 1 fully saturated rings. The predicted molar refractivity (Wildman–Crippen MR) is 95.0 cm³/mol. The van der Waals surface area contributed by atoms with Crippen LogP contribution in [0.4, 0.5) is 0 Å². The highest BCUT2D eigenvalue weighted by molar-refractivity contribution is 8.82. The Morgan fingerprint density at radius 3 is 2.64 bits per heavy atom. The summed E-state index contributed by atoms with van der Waals surface area (Å²) in [5.41, 5.74) is 0. The van der Waals surface area contributed by atoms with Gasteiger partial charge in [0.15, 0.2) is 5.25 Å². The van der Waals surface area contributed by atoms with Crippen molar-refractivity contribution >= 4 is 42.7 Å². The van der Waals surface area contributed by atoms with Crippen molar-refractivity contribution in [1.82, 2.24) is 5.06 Å². The number of aliphatic hydroxyl groups is 2. The van der Waals surface area contributed by atoms with Gasteiger partial charge in [-0.15, -0.1) is 0 Å². The van der Waals surface area contributed by atoms with Crippen molar-refractivity contribution in [3.63, 3.8) is 0 Å². The third-order valence-corrected chi connectivity index (χ3v) is 7.16. The number of carbonyl (C=O) groups is 1. The highest BCUT2D eigenvalue weighted by atomic mass is 33.1. The Labute approximate surface area is 153 Å². The van der Waals surface area contributed by atoms with Gasteiger partial charge in [0.05, 0.1) is 5.04 Å². The van der Waals surface area contributed by atoms with Gasteiger partial charge in [-0.25, -0.2) is 4.79 Å². The highest BCUT2D eigenvalue weighted by Gasteiger charge is 2.39. The first-order valence-corrected chi connectivity index (χ1v) is 11.4. The molecule has 12 heteroatoms. The molecule has 3 N–H and O–H groups in total. The molecule has 25 heavy (non-hydrogen) atoms. The quantitative estimate of drug-likeness (QED) is 0.314. The molecule has 9 nitrogen and oxygen atoms in total. The predicted octanol–water partition coefficient (Wildman–Crippen LogP) is 0.911. The van der Waals surface area contributed by atoms with Crippen LogP contribution in [0.1, 0.15) is 32.1 Å². The maximum Gasteiger partial charge on any atom is 0.345 e. The summed E-state index contributed by atoms with van der Waals surface area (Å²) in [6, 6.07) is 0. The van der Waals surface area contributed by atoms with Gasteiger partial charge in [0, 0.05) is 18.4 Å². The summed E-state index contributed by atoms with van der Waals surface area (Å²) in [7, 11) is -1.96. The van der Waals surface area contributed by atoms with Crippen LogP contribution in [0.2, 0.25) is 0 Å². The lowest BCUT2D eigenvalue weighted by Gasteiger charge is -2.23. The van der Waals surface area contributed by atoms with Gasteiger partial charge in [-0.3, -0.25) is 9.55 Å². The van der Waals surface area contributed by atoms with E-state index >= 15 is 0 Å². The number of nitrogens with zero attached hydrogens (tertiary/aromatic N) is 2. The highest BCUT2D eigenvalue weighted by Crippen LogP contribution is 2.29. The number of aliphatic imine (C=N–C) groups is 1. The number of hydroxylamine groups is 2. The minimum atomic E-state index is -4.67. The molecule has 0 aromatic carbocycles. The van der Waals surface area contributed by atoms with Crippen LogP contribution in [-0.4, -0.2) is 62.7 Å². The van der Waals surface area contributed by atoms with E-state index in [2.05, 4.69) is 4.99 Å². The summed E-state index contributed by atoms with van der Waals surface area (Å²) in [4.78, 5) is 21.0. The van der Waals surface area contributed by atoms with Crippen LogP contribution in [0.5, 0.6) is 0 Å². The first-order valence-electron chi connectivity index (χ1n) is 7.63. The van der Waals surface area contributed by atoms with E-state index in [1.165, 1.54) is 21.6 Å². The van der Waals surface area contributed by atoms with E-state index in [-0.39, 0.29) is 25.0 Å². The molecule has 2 aliphatic rings. The largest absolute Gasteiger partial charge is 0.375 e. The van der Waals surface area contributed by atoms with Crippen molar-refractivity contribution in [2.24, 2.45) is 4.99 Å². The molecule has 2 rings (SSSR count). The molecule has 0 radical (unpaired) electrons. The van der Waals surface area contributed by atoms with Gasteiger partial charge < -0.3 is 15.1 Å². The van der Waals surface area contributed by atoms with E-state index in [0.29, 0.717) is 5.06 Å². The zero-order chi connectivity index (χ0) is 18.4. The number of aliphatic hydroxyl groups excluding tert-OH is 2. The summed E-state index contributed by atoms with van der Waals surface area (Å²) in [6.07, 6.45) is 3.15. The smallest absolute Gasteiger partial charge is 0.345 e. The van der Waals surface area contributed by atoms with Crippen LogP contribution >= 0.6 is 21.6 Å². The van der Waals surface area contributed by atoms with Gasteiger partial charge in [-0.2, -0.15) is 8.42 Å². The molecule has 142 valence electrons. The number of hydrogen-bond acceptors (Lipinski definition) is 10. The fourth-order valence-corrected chi connectivity index (χ4v) is 5.27. The lowest BCUT2D eigenvalue weighted by Crippen LogP contribution is -2.42. The molecule has 0 aromatic heterocycles. The molecule has 0 saturated carbocycles. The fraction of sp³-hybridized carbons (Fsp3) is 0.692. The fourth-order valence-electron chi connectivity index (χ4n) is 2.23. The van der Waals surface area contributed by atoms with Gasteiger partial charge in [0.1, 0.15) is 12.5 Å². The van der Waals surface area contributed by atoms with E-state index < -0.39 is 33.8 Å². The lowest BCUT2D eigenvalue weighted by atomic mass is 10.3. The number of carbonyl (C=O) groups excluding carboxylic acids is 1. The van der Waals surface area contributed by atoms with Crippen LogP contribution in [0.3, 0.4) is 0 Å². The van der Waals surface area contributed by atoms with Crippen LogP contribution in [0, 0.1) is 0 Å². The molecule has 2 heterocycles. The van der Waals surface area contributed by atoms with Crippen LogP contribution in [0.15, 0.2) is 17.3 Å². The second-order valence-electron chi connectivity index (χ2n) is 5.45. The molecular weight excluding hydrogens is 392 g/mol. The monoisotopic (exact) mass is 412 g/mol. The minimum absolute atomic E-state index is 0.168. The lowest BCUT2D eigenvalue weighted by molar-refractivity contribution is -0.261. The van der Waals surface area contributed by atoms with E-state index in [4.69, 9.17) is 4.84 Å². The molecule has 0 aromatic rings. The van der Waals surface area contributed by atoms with Gasteiger partial charge in [-0.05, 0) is 36.5 Å². The Bertz CT molecular complexity index is 628. The maximum atomic E-state index is 12.1. The molecule has 0 aliphatic carbocycles. The average Bonchev–Trinajstić information content (AvgIpc) is 2.86. The summed E-state index contributed by atoms with van der Waals surface area (Å²) < 4.78 is 32.2. The summed E-state index contributed by atoms with van der Waals surface area (Å²) in [5.74, 6) is -0.969. The first kappa shape index (κ1) is 20.7. The van der Waals surface area contributed by atoms with Crippen molar-refractivity contribution in [3.8, 4) is 0 Å². The molecule has 0 spiro atoms. The molecule has 0 amide bonds. The maximum absolute atomic E-state index is 12.1. The van der Waals surface area contributed by atoms with Gasteiger partial charge in [0.25, 0.3) is 10.1 Å². The Kier molecular flexibility index (Phi) is 7.73. The van der Waals surface area contributed by atoms with Crippen molar-refractivity contribution in [2.75, 3.05) is 5.75 Å². The van der Waals surface area contributed by atoms with Crippen molar-refractivity contribution < 1.29 is 32.8 Å². The van der Waals surface area contributed by atoms with Gasteiger partial charge >= 0.3 is 5.97 Å². The molecule has 1 saturated heterocycles. The van der Waals surface area contributed by atoms with Gasteiger partial charge in [-0.1, -0.05) is 21.9 Å². The van der Waals surface area contributed by atoms with E-state index in [0.717, 1.165) is 17.9 Å². The number of hydrogen-bond donors (Lipinski definition) is 3. The molecule has 2 aliphatic heterocycles. The standard InChI is InChI=1S/C13H20N2O7S3/c16-11-4-5-12(17)15(11)22-13(18)9(25(19,20)21)6-8-23-24-10-3-1-2-7-14-10/h2,7,9,11-12,16-17H,1,3-6,8H2,(H,19,20,21). The van der Waals surface area contributed by atoms with E-state index in [9.17, 15) is 28.0 Å². The topological polar surface area (TPSA) is 137 Å². The Balaban J connectivity index is 1.86. The van der Waals surface area contributed by atoms with E-state index in [1.807, 2.05) is 6.08 Å². The van der Waals surface area contributed by atoms with Crippen LogP contribution < -0.4 is 0 Å². The average molecular weight is 413 g/mol. The molecule has 3 unspecified atom stereocenters. The van der Waals surface area contributed by atoms with Gasteiger partial charge in [0.2, 0.25) is 0 Å². The van der Waals surface area contributed by atoms with Crippen molar-refractivity contribution in [3.05, 3.63) is 12.3 Å². The number of rotatable bonds is 7. The summed E-state index contributed by atoms with van der Waals surface area (Å²) >= 11 is 0. The van der Waals surface area contributed by atoms with E-state index in [1.54, 1.807) is 6.20 Å². The summed E-state index contributed by atoms with van der Waals surface area (Å²) in [5, 5.41) is 19.0. The SMILES string of the molecule is O=C(ON1C(O)CCC1O)C(CCSSC1=NC=CCC1)S(=O)(=O)O. The Hall–Kier alpha value is -0.630. The van der Waals surface area contributed by atoms with Crippen LogP contribution in [0.25, 0.3) is 0 Å². The second kappa shape index (κ2) is 9.35. The zero-order valence-electron chi connectivity index (χ0n) is 13.2. The molecule has 3 atom stereocenters. The van der Waals surface area contributed by atoms with Crippen molar-refractivity contribution in [2.45, 2.75) is 49.8 Å². The normalized spacial score (nSPS) is 25.6.